The maximum atomic E-state index is 13.7. The van der Waals surface area contributed by atoms with E-state index in [9.17, 15) is 13.2 Å². The van der Waals surface area contributed by atoms with E-state index in [2.05, 4.69) is 15.0 Å². The highest BCUT2D eigenvalue weighted by Gasteiger charge is 2.45. The van der Waals surface area contributed by atoms with Crippen molar-refractivity contribution in [1.82, 2.24) is 9.55 Å². The summed E-state index contributed by atoms with van der Waals surface area (Å²) in [6.45, 7) is 1.56. The molecule has 0 saturated heterocycles. The van der Waals surface area contributed by atoms with Crippen LogP contribution in [0.4, 0.5) is 11.4 Å². The molecule has 2 N–H and O–H groups in total. The molecule has 0 aliphatic heterocycles. The highest BCUT2D eigenvalue weighted by atomic mass is 35.5. The van der Waals surface area contributed by atoms with Crippen LogP contribution >= 0.6 is 23.2 Å². The maximum Gasteiger partial charge on any atom is 0.261 e. The van der Waals surface area contributed by atoms with Crippen LogP contribution in [0.2, 0.25) is 10.0 Å². The molecule has 1 aromatic carbocycles. The summed E-state index contributed by atoms with van der Waals surface area (Å²) in [7, 11) is -0.137. The van der Waals surface area contributed by atoms with Crippen molar-refractivity contribution in [3.8, 4) is 0 Å². The predicted molar refractivity (Wildman–Crippen MR) is 131 cm³/mol. The van der Waals surface area contributed by atoms with Crippen LogP contribution in [0.5, 0.6) is 0 Å². The van der Waals surface area contributed by atoms with Crippen molar-refractivity contribution in [1.29, 1.82) is 0 Å². The van der Waals surface area contributed by atoms with Crippen LogP contribution in [0.3, 0.4) is 0 Å². The summed E-state index contributed by atoms with van der Waals surface area (Å²) in [6.07, 6.45) is 6.81. The third kappa shape index (κ3) is 3.99. The van der Waals surface area contributed by atoms with E-state index >= 15 is 0 Å². The van der Waals surface area contributed by atoms with Crippen molar-refractivity contribution in [2.75, 3.05) is 22.9 Å². The number of sulfonamides is 1. The topological polar surface area (TPSA) is 102 Å². The van der Waals surface area contributed by atoms with Crippen molar-refractivity contribution in [2.45, 2.75) is 18.9 Å². The van der Waals surface area contributed by atoms with E-state index in [4.69, 9.17) is 27.9 Å². The van der Waals surface area contributed by atoms with E-state index in [1.54, 1.807) is 19.1 Å². The number of benzene rings is 1. The van der Waals surface area contributed by atoms with Gasteiger partial charge < -0.3 is 14.6 Å². The largest absolute Gasteiger partial charge is 0.363 e. The van der Waals surface area contributed by atoms with Gasteiger partial charge in [0.05, 0.1) is 21.5 Å². The van der Waals surface area contributed by atoms with E-state index in [0.717, 1.165) is 11.2 Å². The number of amides is 1. The Morgan fingerprint density at radius 2 is 1.97 bits per heavy atom. The van der Waals surface area contributed by atoms with Crippen LogP contribution in [-0.2, 0) is 32.2 Å². The molecule has 0 fully saturated rings. The summed E-state index contributed by atoms with van der Waals surface area (Å²) in [6, 6.07) is 5.22. The van der Waals surface area contributed by atoms with Gasteiger partial charge in [-0.2, -0.15) is 0 Å². The highest BCUT2D eigenvalue weighted by molar-refractivity contribution is 7.92. The summed E-state index contributed by atoms with van der Waals surface area (Å²) in [5.74, 6) is -0.518. The van der Waals surface area contributed by atoms with Crippen LogP contribution in [-0.4, -0.2) is 36.7 Å². The fourth-order valence-corrected chi connectivity index (χ4v) is 5.16. The number of anilines is 2. The van der Waals surface area contributed by atoms with E-state index in [-0.39, 0.29) is 27.9 Å². The SMILES string of the molecule is CCS(=O)(=O)Nc1ccc2c(c1)c1c(n2C)C=CCC1(OC)C(=O)Nc1c(Cl)cncc1Cl. The molecule has 33 heavy (non-hydrogen) atoms. The lowest BCUT2D eigenvalue weighted by atomic mass is 9.83. The number of fused-ring (bicyclic) bond motifs is 3. The lowest BCUT2D eigenvalue weighted by Crippen LogP contribution is -2.43. The fraction of sp³-hybridized carbons (Fsp3) is 0.273. The first-order chi connectivity index (χ1) is 15.6. The number of nitrogens with zero attached hydrogens (tertiary/aromatic N) is 2. The van der Waals surface area contributed by atoms with E-state index in [1.165, 1.54) is 19.5 Å². The number of aromatic nitrogens is 2. The minimum absolute atomic E-state index is 0.0570. The molecule has 174 valence electrons. The number of carbonyl (C=O) groups excluding carboxylic acids is 1. The maximum absolute atomic E-state index is 13.7. The van der Waals surface area contributed by atoms with Gasteiger partial charge in [-0.25, -0.2) is 8.42 Å². The van der Waals surface area contributed by atoms with E-state index in [1.807, 2.05) is 29.8 Å². The Morgan fingerprint density at radius 1 is 1.27 bits per heavy atom. The summed E-state index contributed by atoms with van der Waals surface area (Å²) in [5, 5.41) is 3.88. The molecular weight excluding hydrogens is 487 g/mol. The molecule has 11 heteroatoms. The fourth-order valence-electron chi connectivity index (χ4n) is 4.07. The number of aryl methyl sites for hydroxylation is 1. The minimum atomic E-state index is -3.47. The van der Waals surface area contributed by atoms with Gasteiger partial charge in [-0.1, -0.05) is 29.3 Å². The molecule has 1 unspecified atom stereocenters. The van der Waals surface area contributed by atoms with Crippen LogP contribution in [0.25, 0.3) is 17.0 Å². The number of hydrogen-bond donors (Lipinski definition) is 2. The molecule has 1 aliphatic carbocycles. The molecular formula is C22H22Cl2N4O4S. The van der Waals surface area contributed by atoms with Gasteiger partial charge >= 0.3 is 0 Å². The number of rotatable bonds is 6. The molecule has 1 atom stereocenters. The zero-order valence-electron chi connectivity index (χ0n) is 18.1. The number of pyridine rings is 1. The molecule has 3 aromatic rings. The third-order valence-electron chi connectivity index (χ3n) is 5.79. The number of carbonyl (C=O) groups is 1. The van der Waals surface area contributed by atoms with Gasteiger partial charge in [-0.15, -0.1) is 0 Å². The Hall–Kier alpha value is -2.59. The zero-order chi connectivity index (χ0) is 24.0. The Kier molecular flexibility index (Phi) is 6.17. The lowest BCUT2D eigenvalue weighted by molar-refractivity contribution is -0.138. The van der Waals surface area contributed by atoms with Crippen LogP contribution in [0, 0.1) is 0 Å². The van der Waals surface area contributed by atoms with Crippen LogP contribution < -0.4 is 10.0 Å². The molecule has 8 nitrogen and oxygen atoms in total. The average Bonchev–Trinajstić information content (AvgIpc) is 3.08. The molecule has 0 saturated carbocycles. The van der Waals surface area contributed by atoms with Gasteiger partial charge in [0.25, 0.3) is 5.91 Å². The molecule has 0 bridgehead atoms. The molecule has 2 aromatic heterocycles. The van der Waals surface area contributed by atoms with Gasteiger partial charge in [-0.3, -0.25) is 14.5 Å². The molecule has 2 heterocycles. The predicted octanol–water partition coefficient (Wildman–Crippen LogP) is 4.54. The normalized spacial score (nSPS) is 17.7. The zero-order valence-corrected chi connectivity index (χ0v) is 20.5. The highest BCUT2D eigenvalue weighted by Crippen LogP contribution is 2.44. The molecule has 4 rings (SSSR count). The van der Waals surface area contributed by atoms with Crippen molar-refractivity contribution < 1.29 is 17.9 Å². The van der Waals surface area contributed by atoms with Crippen LogP contribution in [0.1, 0.15) is 24.6 Å². The Morgan fingerprint density at radius 3 is 2.61 bits per heavy atom. The number of methoxy groups -OCH3 is 1. The lowest BCUT2D eigenvalue weighted by Gasteiger charge is -2.33. The minimum Gasteiger partial charge on any atom is -0.363 e. The number of halogens is 2. The first-order valence-corrected chi connectivity index (χ1v) is 12.5. The quantitative estimate of drug-likeness (QED) is 0.508. The van der Waals surface area contributed by atoms with E-state index < -0.39 is 21.5 Å². The Bertz CT molecular complexity index is 1380. The van der Waals surface area contributed by atoms with Crippen molar-refractivity contribution in [3.63, 3.8) is 0 Å². The van der Waals surface area contributed by atoms with Crippen molar-refractivity contribution in [3.05, 3.63) is 58.0 Å². The summed E-state index contributed by atoms with van der Waals surface area (Å²) in [5.41, 5.74) is 1.46. The second-order valence-electron chi connectivity index (χ2n) is 7.63. The standard InChI is InChI=1S/C22H22Cl2N4O4S/c1-4-33(30,31)27-13-7-8-17-14(10-13)19-18(28(17)2)6-5-9-22(19,32-3)21(29)26-20-15(23)11-25-12-16(20)24/h5-8,10-12,27H,4,9H2,1-3H3,(H,25,26,29). The van der Waals surface area contributed by atoms with Gasteiger partial charge in [0, 0.05) is 60.8 Å². The van der Waals surface area contributed by atoms with E-state index in [0.29, 0.717) is 16.6 Å². The molecule has 1 amide bonds. The molecule has 0 radical (unpaired) electrons. The van der Waals surface area contributed by atoms with Crippen molar-refractivity contribution in [2.24, 2.45) is 7.05 Å². The van der Waals surface area contributed by atoms with Gasteiger partial charge in [0.1, 0.15) is 0 Å². The Balaban J connectivity index is 1.88. The van der Waals surface area contributed by atoms with Crippen LogP contribution in [0.15, 0.2) is 36.7 Å². The smallest absolute Gasteiger partial charge is 0.261 e. The van der Waals surface area contributed by atoms with Gasteiger partial charge in [0.2, 0.25) is 10.0 Å². The van der Waals surface area contributed by atoms with Gasteiger partial charge in [0.15, 0.2) is 5.60 Å². The second kappa shape index (κ2) is 8.64. The molecule has 1 aliphatic rings. The van der Waals surface area contributed by atoms with Gasteiger partial charge in [-0.05, 0) is 31.2 Å². The first kappa shape index (κ1) is 23.6. The monoisotopic (exact) mass is 508 g/mol. The second-order valence-corrected chi connectivity index (χ2v) is 10.5. The number of hydrogen-bond acceptors (Lipinski definition) is 5. The average molecular weight is 509 g/mol. The van der Waals surface area contributed by atoms with Crippen molar-refractivity contribution >= 4 is 67.5 Å². The Labute approximate surface area is 201 Å². The first-order valence-electron chi connectivity index (χ1n) is 10.1. The number of nitrogens with one attached hydrogen (secondary N) is 2. The summed E-state index contributed by atoms with van der Waals surface area (Å²) >= 11 is 12.4. The third-order valence-corrected chi connectivity index (χ3v) is 7.67. The molecule has 0 spiro atoms. The summed E-state index contributed by atoms with van der Waals surface area (Å²) in [4.78, 5) is 17.6. The summed E-state index contributed by atoms with van der Waals surface area (Å²) < 4.78 is 34.6. The number of ether oxygens (including phenoxy) is 1.